The first kappa shape index (κ1) is 17.4. The van der Waals surface area contributed by atoms with Gasteiger partial charge in [-0.3, -0.25) is 4.79 Å². The molecule has 1 aromatic carbocycles. The summed E-state index contributed by atoms with van der Waals surface area (Å²) in [6.45, 7) is 3.78. The Labute approximate surface area is 145 Å². The van der Waals surface area contributed by atoms with Gasteiger partial charge >= 0.3 is 0 Å². The summed E-state index contributed by atoms with van der Waals surface area (Å²) in [5.41, 5.74) is 1.10. The van der Waals surface area contributed by atoms with Crippen molar-refractivity contribution >= 4 is 5.91 Å². The molecule has 1 amide bonds. The van der Waals surface area contributed by atoms with Crippen LogP contribution in [0, 0.1) is 6.92 Å². The molecule has 4 heteroatoms. The maximum Gasteiger partial charge on any atom is 0.256 e. The van der Waals surface area contributed by atoms with Gasteiger partial charge in [0.05, 0.1) is 0 Å². The van der Waals surface area contributed by atoms with Crippen LogP contribution in [0.1, 0.15) is 56.1 Å². The van der Waals surface area contributed by atoms with Crippen molar-refractivity contribution in [2.45, 2.75) is 70.1 Å². The van der Waals surface area contributed by atoms with E-state index in [1.807, 2.05) is 17.0 Å². The number of piperidine rings is 1. The highest BCUT2D eigenvalue weighted by atomic mass is 16.3. The largest absolute Gasteiger partial charge is 0.379 e. The van der Waals surface area contributed by atoms with Gasteiger partial charge in [-0.2, -0.15) is 0 Å². The number of carbonyl (C=O) groups is 1. The first-order valence-corrected chi connectivity index (χ1v) is 9.37. The fourth-order valence-corrected chi connectivity index (χ4v) is 4.03. The second kappa shape index (κ2) is 7.66. The third-order valence-electron chi connectivity index (χ3n) is 5.45. The highest BCUT2D eigenvalue weighted by Crippen LogP contribution is 2.25. The molecule has 4 nitrogen and oxygen atoms in total. The van der Waals surface area contributed by atoms with Crippen LogP contribution in [0.4, 0.5) is 0 Å². The van der Waals surface area contributed by atoms with E-state index in [9.17, 15) is 9.90 Å². The molecule has 3 rings (SSSR count). The monoisotopic (exact) mass is 330 g/mol. The molecule has 2 N–H and O–H groups in total. The third-order valence-corrected chi connectivity index (χ3v) is 5.45. The molecule has 1 saturated carbocycles. The minimum atomic E-state index is -1.24. The van der Waals surface area contributed by atoms with Gasteiger partial charge in [-0.25, -0.2) is 0 Å². The number of aliphatic hydroxyl groups is 1. The Bertz CT molecular complexity index is 569. The number of hydrogen-bond acceptors (Lipinski definition) is 3. The summed E-state index contributed by atoms with van der Waals surface area (Å²) in [6.07, 6.45) is 7.57. The minimum Gasteiger partial charge on any atom is -0.379 e. The smallest absolute Gasteiger partial charge is 0.256 e. The standard InChI is InChI=1S/C20H30N2O2/c1-16-7-5-8-17(13-16)14-22-12-6-11-20(24,19(22)23)15-21-18-9-3-2-4-10-18/h5,7-8,13,18,21,24H,2-4,6,9-12,14-15H2,1H3/t20-/m0/s1. The summed E-state index contributed by atoms with van der Waals surface area (Å²) in [5, 5.41) is 14.4. The molecule has 132 valence electrons. The molecule has 1 heterocycles. The van der Waals surface area contributed by atoms with Gasteiger partial charge in [-0.15, -0.1) is 0 Å². The van der Waals surface area contributed by atoms with Crippen molar-refractivity contribution in [1.29, 1.82) is 0 Å². The lowest BCUT2D eigenvalue weighted by Gasteiger charge is -2.39. The third kappa shape index (κ3) is 4.17. The van der Waals surface area contributed by atoms with Gasteiger partial charge in [0.2, 0.25) is 0 Å². The van der Waals surface area contributed by atoms with E-state index in [1.165, 1.54) is 24.8 Å². The number of benzene rings is 1. The van der Waals surface area contributed by atoms with Crippen LogP contribution in [0.5, 0.6) is 0 Å². The molecule has 1 aliphatic carbocycles. The fraction of sp³-hybridized carbons (Fsp3) is 0.650. The molecule has 2 fully saturated rings. The summed E-state index contributed by atoms with van der Waals surface area (Å²) < 4.78 is 0. The van der Waals surface area contributed by atoms with Crippen molar-refractivity contribution in [2.75, 3.05) is 13.1 Å². The number of amides is 1. The summed E-state index contributed by atoms with van der Waals surface area (Å²) in [6, 6.07) is 8.71. The van der Waals surface area contributed by atoms with Crippen LogP contribution in [-0.2, 0) is 11.3 Å². The molecule has 1 aliphatic heterocycles. The van der Waals surface area contributed by atoms with Crippen LogP contribution in [0.25, 0.3) is 0 Å². The van der Waals surface area contributed by atoms with Crippen molar-refractivity contribution in [3.8, 4) is 0 Å². The van der Waals surface area contributed by atoms with E-state index in [0.717, 1.165) is 31.4 Å². The van der Waals surface area contributed by atoms with E-state index in [2.05, 4.69) is 24.4 Å². The lowest BCUT2D eigenvalue weighted by Crippen LogP contribution is -2.58. The molecule has 1 atom stereocenters. The van der Waals surface area contributed by atoms with Crippen LogP contribution in [-0.4, -0.2) is 40.6 Å². The zero-order valence-corrected chi connectivity index (χ0v) is 14.8. The van der Waals surface area contributed by atoms with Gasteiger partial charge in [0.25, 0.3) is 5.91 Å². The van der Waals surface area contributed by atoms with E-state index in [-0.39, 0.29) is 5.91 Å². The highest BCUT2D eigenvalue weighted by Gasteiger charge is 2.42. The predicted molar refractivity (Wildman–Crippen MR) is 95.7 cm³/mol. The van der Waals surface area contributed by atoms with Crippen LogP contribution < -0.4 is 5.32 Å². The second-order valence-electron chi connectivity index (χ2n) is 7.57. The Kier molecular flexibility index (Phi) is 5.57. The van der Waals surface area contributed by atoms with E-state index >= 15 is 0 Å². The molecule has 0 bridgehead atoms. The maximum atomic E-state index is 12.8. The average Bonchev–Trinajstić information content (AvgIpc) is 2.59. The van der Waals surface area contributed by atoms with Crippen LogP contribution in [0.15, 0.2) is 24.3 Å². The maximum absolute atomic E-state index is 12.8. The number of likely N-dealkylation sites (tertiary alicyclic amines) is 1. The number of rotatable bonds is 5. The van der Waals surface area contributed by atoms with Gasteiger partial charge in [-0.05, 0) is 38.2 Å². The van der Waals surface area contributed by atoms with E-state index in [4.69, 9.17) is 0 Å². The predicted octanol–water partition coefficient (Wildman–Crippen LogP) is 2.77. The van der Waals surface area contributed by atoms with Crippen molar-refractivity contribution in [3.05, 3.63) is 35.4 Å². The van der Waals surface area contributed by atoms with Gasteiger partial charge < -0.3 is 15.3 Å². The molecule has 2 aliphatic rings. The highest BCUT2D eigenvalue weighted by molar-refractivity contribution is 5.86. The van der Waals surface area contributed by atoms with Crippen LogP contribution >= 0.6 is 0 Å². The quantitative estimate of drug-likeness (QED) is 0.873. The first-order chi connectivity index (χ1) is 11.6. The molecule has 0 radical (unpaired) electrons. The van der Waals surface area contributed by atoms with E-state index < -0.39 is 5.60 Å². The zero-order valence-electron chi connectivity index (χ0n) is 14.8. The SMILES string of the molecule is Cc1cccc(CN2CCC[C@](O)(CNC3CCCCC3)C2=O)c1. The topological polar surface area (TPSA) is 52.6 Å². The Morgan fingerprint density at radius 3 is 2.79 bits per heavy atom. The van der Waals surface area contributed by atoms with E-state index in [0.29, 0.717) is 25.6 Å². The van der Waals surface area contributed by atoms with Crippen molar-refractivity contribution in [3.63, 3.8) is 0 Å². The van der Waals surface area contributed by atoms with E-state index in [1.54, 1.807) is 0 Å². The van der Waals surface area contributed by atoms with Crippen molar-refractivity contribution < 1.29 is 9.90 Å². The molecular formula is C20H30N2O2. The molecule has 0 spiro atoms. The van der Waals surface area contributed by atoms with Gasteiger partial charge in [0, 0.05) is 25.7 Å². The summed E-state index contributed by atoms with van der Waals surface area (Å²) in [4.78, 5) is 14.7. The summed E-state index contributed by atoms with van der Waals surface area (Å²) in [7, 11) is 0. The first-order valence-electron chi connectivity index (χ1n) is 9.37. The number of nitrogens with zero attached hydrogens (tertiary/aromatic N) is 1. The Morgan fingerprint density at radius 1 is 1.25 bits per heavy atom. The molecule has 24 heavy (non-hydrogen) atoms. The number of aryl methyl sites for hydroxylation is 1. The Balaban J connectivity index is 1.60. The van der Waals surface area contributed by atoms with Crippen LogP contribution in [0.3, 0.4) is 0 Å². The minimum absolute atomic E-state index is 0.112. The zero-order chi connectivity index (χ0) is 17.0. The van der Waals surface area contributed by atoms with Crippen LogP contribution in [0.2, 0.25) is 0 Å². The number of nitrogens with one attached hydrogen (secondary N) is 1. The van der Waals surface area contributed by atoms with Gasteiger partial charge in [0.15, 0.2) is 5.60 Å². The van der Waals surface area contributed by atoms with Gasteiger partial charge in [0.1, 0.15) is 0 Å². The fourth-order valence-electron chi connectivity index (χ4n) is 4.03. The Hall–Kier alpha value is -1.39. The number of hydrogen-bond donors (Lipinski definition) is 2. The van der Waals surface area contributed by atoms with Crippen molar-refractivity contribution in [2.24, 2.45) is 0 Å². The molecular weight excluding hydrogens is 300 g/mol. The Morgan fingerprint density at radius 2 is 2.04 bits per heavy atom. The number of carbonyl (C=O) groups excluding carboxylic acids is 1. The van der Waals surface area contributed by atoms with Gasteiger partial charge in [-0.1, -0.05) is 49.1 Å². The molecule has 1 saturated heterocycles. The summed E-state index contributed by atoms with van der Waals surface area (Å²) >= 11 is 0. The molecule has 1 aromatic rings. The molecule has 0 unspecified atom stereocenters. The summed E-state index contributed by atoms with van der Waals surface area (Å²) in [5.74, 6) is -0.112. The lowest BCUT2D eigenvalue weighted by atomic mass is 9.89. The van der Waals surface area contributed by atoms with Crippen molar-refractivity contribution in [1.82, 2.24) is 10.2 Å². The normalized spacial score (nSPS) is 25.9. The lowest BCUT2D eigenvalue weighted by molar-refractivity contribution is -0.157. The average molecular weight is 330 g/mol. The second-order valence-corrected chi connectivity index (χ2v) is 7.57. The molecule has 0 aromatic heterocycles.